The number of aromatic nitrogens is 2. The largest absolute Gasteiger partial charge is 0.497 e. The maximum absolute atomic E-state index is 12.6. The molecule has 1 aromatic heterocycles. The number of ether oxygens (including phenoxy) is 1. The van der Waals surface area contributed by atoms with Gasteiger partial charge in [-0.3, -0.25) is 4.79 Å². The van der Waals surface area contributed by atoms with Crippen molar-refractivity contribution in [2.45, 2.75) is 25.8 Å². The van der Waals surface area contributed by atoms with Crippen molar-refractivity contribution in [3.8, 4) is 11.4 Å². The second kappa shape index (κ2) is 8.54. The molecule has 0 saturated heterocycles. The van der Waals surface area contributed by atoms with Crippen LogP contribution in [0.15, 0.2) is 67.0 Å². The van der Waals surface area contributed by atoms with Gasteiger partial charge in [0, 0.05) is 19.7 Å². The van der Waals surface area contributed by atoms with Gasteiger partial charge in [0.1, 0.15) is 5.75 Å². The smallest absolute Gasteiger partial charge is 0.223 e. The van der Waals surface area contributed by atoms with E-state index < -0.39 is 0 Å². The zero-order valence-electron chi connectivity index (χ0n) is 16.0. The Hall–Kier alpha value is -3.08. The number of hydrogen-bond acceptors (Lipinski definition) is 3. The SMILES string of the molecule is COc1ccc(C(C)N(C)C(=O)CCc2cnn(-c3ccccc3)c2)cc1. The van der Waals surface area contributed by atoms with E-state index in [0.29, 0.717) is 12.8 Å². The average Bonchev–Trinajstić information content (AvgIpc) is 3.20. The molecule has 0 N–H and O–H groups in total. The molecular weight excluding hydrogens is 338 g/mol. The maximum atomic E-state index is 12.6. The third kappa shape index (κ3) is 4.56. The number of rotatable bonds is 7. The van der Waals surface area contributed by atoms with E-state index in [0.717, 1.165) is 22.6 Å². The molecule has 0 aliphatic rings. The van der Waals surface area contributed by atoms with Crippen LogP contribution in [-0.4, -0.2) is 34.7 Å². The zero-order chi connectivity index (χ0) is 19.2. The highest BCUT2D eigenvalue weighted by Gasteiger charge is 2.17. The average molecular weight is 363 g/mol. The molecule has 0 fully saturated rings. The van der Waals surface area contributed by atoms with Crippen LogP contribution in [0.4, 0.5) is 0 Å². The summed E-state index contributed by atoms with van der Waals surface area (Å²) in [5, 5.41) is 4.39. The van der Waals surface area contributed by atoms with Gasteiger partial charge in [0.25, 0.3) is 0 Å². The quantitative estimate of drug-likeness (QED) is 0.637. The van der Waals surface area contributed by atoms with Gasteiger partial charge in [-0.1, -0.05) is 30.3 Å². The molecule has 0 radical (unpaired) electrons. The van der Waals surface area contributed by atoms with Gasteiger partial charge in [-0.25, -0.2) is 4.68 Å². The van der Waals surface area contributed by atoms with Crippen molar-refractivity contribution in [2.75, 3.05) is 14.2 Å². The van der Waals surface area contributed by atoms with Crippen LogP contribution in [0.2, 0.25) is 0 Å². The van der Waals surface area contributed by atoms with E-state index >= 15 is 0 Å². The van der Waals surface area contributed by atoms with Gasteiger partial charge >= 0.3 is 0 Å². The summed E-state index contributed by atoms with van der Waals surface area (Å²) in [6.07, 6.45) is 4.94. The third-order valence-electron chi connectivity index (χ3n) is 4.86. The molecule has 1 atom stereocenters. The van der Waals surface area contributed by atoms with Crippen molar-refractivity contribution in [2.24, 2.45) is 0 Å². The number of hydrogen-bond donors (Lipinski definition) is 0. The molecule has 27 heavy (non-hydrogen) atoms. The topological polar surface area (TPSA) is 47.4 Å². The third-order valence-corrected chi connectivity index (χ3v) is 4.86. The molecule has 140 valence electrons. The lowest BCUT2D eigenvalue weighted by Gasteiger charge is -2.25. The fourth-order valence-corrected chi connectivity index (χ4v) is 2.96. The van der Waals surface area contributed by atoms with E-state index in [1.807, 2.05) is 85.6 Å². The predicted molar refractivity (Wildman–Crippen MR) is 106 cm³/mol. The number of para-hydroxylation sites is 1. The van der Waals surface area contributed by atoms with Crippen LogP contribution < -0.4 is 4.74 Å². The first-order valence-corrected chi connectivity index (χ1v) is 9.07. The lowest BCUT2D eigenvalue weighted by atomic mass is 10.1. The minimum Gasteiger partial charge on any atom is -0.497 e. The Morgan fingerprint density at radius 3 is 2.52 bits per heavy atom. The number of methoxy groups -OCH3 is 1. The normalized spacial score (nSPS) is 11.8. The van der Waals surface area contributed by atoms with E-state index in [4.69, 9.17) is 4.74 Å². The van der Waals surface area contributed by atoms with Crippen molar-refractivity contribution >= 4 is 5.91 Å². The highest BCUT2D eigenvalue weighted by atomic mass is 16.5. The maximum Gasteiger partial charge on any atom is 0.223 e. The van der Waals surface area contributed by atoms with Crippen LogP contribution in [-0.2, 0) is 11.2 Å². The first-order valence-electron chi connectivity index (χ1n) is 9.07. The molecular formula is C22H25N3O2. The first-order chi connectivity index (χ1) is 13.1. The molecule has 0 saturated carbocycles. The second-order valence-electron chi connectivity index (χ2n) is 6.58. The fraction of sp³-hybridized carbons (Fsp3) is 0.273. The first kappa shape index (κ1) is 18.7. The highest BCUT2D eigenvalue weighted by molar-refractivity contribution is 5.76. The van der Waals surface area contributed by atoms with Crippen molar-refractivity contribution in [1.29, 1.82) is 0 Å². The molecule has 0 aliphatic carbocycles. The molecule has 5 nitrogen and oxygen atoms in total. The van der Waals surface area contributed by atoms with Gasteiger partial charge < -0.3 is 9.64 Å². The Morgan fingerprint density at radius 2 is 1.85 bits per heavy atom. The number of nitrogens with zero attached hydrogens (tertiary/aromatic N) is 3. The Labute approximate surface area is 160 Å². The molecule has 1 heterocycles. The Bertz CT molecular complexity index is 872. The number of carbonyl (C=O) groups excluding carboxylic acids is 1. The van der Waals surface area contributed by atoms with Crippen LogP contribution >= 0.6 is 0 Å². The molecule has 3 rings (SSSR count). The van der Waals surface area contributed by atoms with Crippen LogP contribution in [0.3, 0.4) is 0 Å². The Kier molecular flexibility index (Phi) is 5.91. The zero-order valence-corrected chi connectivity index (χ0v) is 16.0. The monoisotopic (exact) mass is 363 g/mol. The van der Waals surface area contributed by atoms with Gasteiger partial charge in [0.2, 0.25) is 5.91 Å². The van der Waals surface area contributed by atoms with E-state index in [9.17, 15) is 4.79 Å². The summed E-state index contributed by atoms with van der Waals surface area (Å²) in [7, 11) is 3.50. The summed E-state index contributed by atoms with van der Waals surface area (Å²) in [6, 6.07) is 17.8. The van der Waals surface area contributed by atoms with Crippen LogP contribution in [0.5, 0.6) is 5.75 Å². The summed E-state index contributed by atoms with van der Waals surface area (Å²) in [6.45, 7) is 2.03. The fourth-order valence-electron chi connectivity index (χ4n) is 2.96. The minimum atomic E-state index is 0.00967. The van der Waals surface area contributed by atoms with Gasteiger partial charge in [-0.15, -0.1) is 0 Å². The molecule has 2 aromatic carbocycles. The molecule has 0 bridgehead atoms. The van der Waals surface area contributed by atoms with Crippen molar-refractivity contribution in [1.82, 2.24) is 14.7 Å². The molecule has 5 heteroatoms. The molecule has 1 amide bonds. The van der Waals surface area contributed by atoms with Crippen LogP contribution in [0, 0.1) is 0 Å². The molecule has 0 aliphatic heterocycles. The molecule has 3 aromatic rings. The number of benzene rings is 2. The van der Waals surface area contributed by atoms with Crippen molar-refractivity contribution in [3.63, 3.8) is 0 Å². The summed E-state index contributed by atoms with van der Waals surface area (Å²) in [5.74, 6) is 0.932. The van der Waals surface area contributed by atoms with Gasteiger partial charge in [-0.2, -0.15) is 5.10 Å². The van der Waals surface area contributed by atoms with Crippen molar-refractivity contribution in [3.05, 3.63) is 78.1 Å². The second-order valence-corrected chi connectivity index (χ2v) is 6.58. The number of aryl methyl sites for hydroxylation is 1. The Balaban J connectivity index is 1.57. The highest BCUT2D eigenvalue weighted by Crippen LogP contribution is 2.22. The molecule has 0 spiro atoms. The summed E-state index contributed by atoms with van der Waals surface area (Å²) < 4.78 is 7.03. The number of carbonyl (C=O) groups is 1. The Morgan fingerprint density at radius 1 is 1.15 bits per heavy atom. The van der Waals surface area contributed by atoms with Gasteiger partial charge in [0.05, 0.1) is 25.0 Å². The van der Waals surface area contributed by atoms with E-state index in [1.165, 1.54) is 0 Å². The predicted octanol–water partition coefficient (Wildman–Crippen LogP) is 4.03. The van der Waals surface area contributed by atoms with Gasteiger partial charge in [0.15, 0.2) is 0 Å². The lowest BCUT2D eigenvalue weighted by molar-refractivity contribution is -0.131. The summed E-state index contributed by atoms with van der Waals surface area (Å²) in [5.41, 5.74) is 3.15. The summed E-state index contributed by atoms with van der Waals surface area (Å²) in [4.78, 5) is 14.4. The minimum absolute atomic E-state index is 0.00967. The van der Waals surface area contributed by atoms with Crippen LogP contribution in [0.25, 0.3) is 5.69 Å². The van der Waals surface area contributed by atoms with Crippen molar-refractivity contribution < 1.29 is 9.53 Å². The van der Waals surface area contributed by atoms with E-state index in [1.54, 1.807) is 12.0 Å². The number of amides is 1. The lowest BCUT2D eigenvalue weighted by Crippen LogP contribution is -2.29. The van der Waals surface area contributed by atoms with Gasteiger partial charge in [-0.05, 0) is 48.7 Å². The molecule has 1 unspecified atom stereocenters. The van der Waals surface area contributed by atoms with E-state index in [-0.39, 0.29) is 11.9 Å². The summed E-state index contributed by atoms with van der Waals surface area (Å²) >= 11 is 0. The van der Waals surface area contributed by atoms with Crippen LogP contribution in [0.1, 0.15) is 30.5 Å². The van der Waals surface area contributed by atoms with E-state index in [2.05, 4.69) is 5.10 Å². The standard InChI is InChI=1S/C22H25N3O2/c1-17(19-10-12-21(27-3)13-11-19)24(2)22(26)14-9-18-15-23-25(16-18)20-7-5-4-6-8-20/h4-8,10-13,15-17H,9,14H2,1-3H3.